The molecule has 1 N–H and O–H groups in total. The summed E-state index contributed by atoms with van der Waals surface area (Å²) in [7, 11) is -3.52. The van der Waals surface area contributed by atoms with E-state index in [0.29, 0.717) is 17.2 Å². The van der Waals surface area contributed by atoms with Gasteiger partial charge in [-0.05, 0) is 30.2 Å². The molecule has 1 aliphatic heterocycles. The maximum Gasteiger partial charge on any atom is 0.311 e. The van der Waals surface area contributed by atoms with Crippen LogP contribution in [0.5, 0.6) is 0 Å². The van der Waals surface area contributed by atoms with Gasteiger partial charge in [-0.2, -0.15) is 4.31 Å². The second-order valence-electron chi connectivity index (χ2n) is 5.28. The van der Waals surface area contributed by atoms with Gasteiger partial charge in [-0.1, -0.05) is 12.5 Å². The average Bonchev–Trinajstić information content (AvgIpc) is 3.04. The van der Waals surface area contributed by atoms with Gasteiger partial charge in [0.05, 0.1) is 5.41 Å². The maximum atomic E-state index is 12.4. The van der Waals surface area contributed by atoms with Crippen LogP contribution < -0.4 is 0 Å². The Bertz CT molecular complexity index is 595. The van der Waals surface area contributed by atoms with Crippen LogP contribution in [0.15, 0.2) is 21.7 Å². The Labute approximate surface area is 115 Å². The molecule has 0 aromatic carbocycles. The zero-order valence-electron chi connectivity index (χ0n) is 10.3. The smallest absolute Gasteiger partial charge is 0.311 e. The Morgan fingerprint density at radius 3 is 2.89 bits per heavy atom. The van der Waals surface area contributed by atoms with Crippen molar-refractivity contribution in [2.45, 2.75) is 23.5 Å². The Morgan fingerprint density at radius 1 is 1.53 bits per heavy atom. The lowest BCUT2D eigenvalue weighted by Gasteiger charge is -2.23. The van der Waals surface area contributed by atoms with E-state index in [1.165, 1.54) is 15.6 Å². The number of fused-ring (bicyclic) bond motifs is 1. The highest BCUT2D eigenvalue weighted by Gasteiger charge is 2.57. The van der Waals surface area contributed by atoms with Crippen LogP contribution in [0.25, 0.3) is 0 Å². The zero-order chi connectivity index (χ0) is 13.7. The van der Waals surface area contributed by atoms with Gasteiger partial charge in [-0.3, -0.25) is 4.79 Å². The number of aliphatic carboxylic acids is 1. The second-order valence-corrected chi connectivity index (χ2v) is 8.39. The fourth-order valence-electron chi connectivity index (χ4n) is 3.31. The van der Waals surface area contributed by atoms with Gasteiger partial charge < -0.3 is 5.11 Å². The molecule has 0 bridgehead atoms. The molecular weight excluding hydrogens is 286 g/mol. The molecule has 1 aliphatic carbocycles. The monoisotopic (exact) mass is 301 g/mol. The van der Waals surface area contributed by atoms with Crippen molar-refractivity contribution < 1.29 is 18.3 Å². The number of hydrogen-bond acceptors (Lipinski definition) is 4. The summed E-state index contributed by atoms with van der Waals surface area (Å²) >= 11 is 1.18. The quantitative estimate of drug-likeness (QED) is 0.920. The van der Waals surface area contributed by atoms with Crippen LogP contribution in [0, 0.1) is 11.3 Å². The van der Waals surface area contributed by atoms with Crippen molar-refractivity contribution in [3.05, 3.63) is 17.5 Å². The van der Waals surface area contributed by atoms with Crippen molar-refractivity contribution in [3.8, 4) is 0 Å². The van der Waals surface area contributed by atoms with E-state index in [1.54, 1.807) is 17.5 Å². The van der Waals surface area contributed by atoms with Crippen LogP contribution in [0.1, 0.15) is 19.3 Å². The van der Waals surface area contributed by atoms with Crippen LogP contribution in [-0.4, -0.2) is 36.9 Å². The molecular formula is C12H15NO4S2. The summed E-state index contributed by atoms with van der Waals surface area (Å²) in [6.45, 7) is 0.458. The Balaban J connectivity index is 1.93. The third-order valence-corrected chi connectivity index (χ3v) is 7.54. The molecule has 0 unspecified atom stereocenters. The molecule has 2 fully saturated rings. The van der Waals surface area contributed by atoms with Crippen molar-refractivity contribution in [1.82, 2.24) is 4.31 Å². The van der Waals surface area contributed by atoms with Crippen LogP contribution in [0.2, 0.25) is 0 Å². The highest BCUT2D eigenvalue weighted by molar-refractivity contribution is 7.91. The Hall–Kier alpha value is -0.920. The fraction of sp³-hybridized carbons (Fsp3) is 0.583. The van der Waals surface area contributed by atoms with Crippen molar-refractivity contribution in [2.75, 3.05) is 13.1 Å². The van der Waals surface area contributed by atoms with Crippen LogP contribution in [0.4, 0.5) is 0 Å². The van der Waals surface area contributed by atoms with Crippen LogP contribution >= 0.6 is 11.3 Å². The van der Waals surface area contributed by atoms with E-state index in [-0.39, 0.29) is 12.5 Å². The number of rotatable bonds is 3. The van der Waals surface area contributed by atoms with Crippen molar-refractivity contribution in [2.24, 2.45) is 11.3 Å². The van der Waals surface area contributed by atoms with E-state index in [9.17, 15) is 18.3 Å². The predicted octanol–water partition coefficient (Wildman–Crippen LogP) is 1.62. The van der Waals surface area contributed by atoms with E-state index < -0.39 is 21.4 Å². The lowest BCUT2D eigenvalue weighted by molar-refractivity contribution is -0.149. The molecule has 1 saturated heterocycles. The standard InChI is InChI=1S/C12H15NO4S2/c14-11(15)12-5-1-3-9(12)7-13(8-12)19(16,17)10-4-2-6-18-10/h2,4,6,9H,1,3,5,7-8H2,(H,14,15)/t9-,12+/m0/s1. The van der Waals surface area contributed by atoms with Crippen molar-refractivity contribution in [1.29, 1.82) is 0 Å². The van der Waals surface area contributed by atoms with Gasteiger partial charge >= 0.3 is 5.97 Å². The van der Waals surface area contributed by atoms with Crippen LogP contribution in [0.3, 0.4) is 0 Å². The summed E-state index contributed by atoms with van der Waals surface area (Å²) in [6.07, 6.45) is 2.27. The molecule has 2 aliphatic rings. The molecule has 2 atom stereocenters. The topological polar surface area (TPSA) is 74.7 Å². The number of nitrogens with zero attached hydrogens (tertiary/aromatic N) is 1. The number of carbonyl (C=O) groups is 1. The first-order valence-corrected chi connectivity index (χ1v) is 8.56. The molecule has 0 amide bonds. The van der Waals surface area contributed by atoms with Crippen molar-refractivity contribution in [3.63, 3.8) is 0 Å². The van der Waals surface area contributed by atoms with E-state index >= 15 is 0 Å². The Morgan fingerprint density at radius 2 is 2.32 bits per heavy atom. The van der Waals surface area contributed by atoms with Gasteiger partial charge in [0, 0.05) is 13.1 Å². The molecule has 3 rings (SSSR count). The summed E-state index contributed by atoms with van der Waals surface area (Å²) in [5, 5.41) is 11.2. The number of sulfonamides is 1. The number of hydrogen-bond donors (Lipinski definition) is 1. The van der Waals surface area contributed by atoms with Gasteiger partial charge in [-0.15, -0.1) is 11.3 Å². The molecule has 1 aromatic heterocycles. The average molecular weight is 301 g/mol. The van der Waals surface area contributed by atoms with Gasteiger partial charge in [0.25, 0.3) is 10.0 Å². The van der Waals surface area contributed by atoms with Crippen molar-refractivity contribution >= 4 is 27.3 Å². The third kappa shape index (κ3) is 1.83. The normalized spacial score (nSPS) is 31.5. The van der Waals surface area contributed by atoms with Gasteiger partial charge in [0.2, 0.25) is 0 Å². The van der Waals surface area contributed by atoms with E-state index in [1.807, 2.05) is 0 Å². The van der Waals surface area contributed by atoms with Gasteiger partial charge in [0.1, 0.15) is 4.21 Å². The molecule has 2 heterocycles. The summed E-state index contributed by atoms with van der Waals surface area (Å²) in [4.78, 5) is 11.5. The van der Waals surface area contributed by atoms with E-state index in [4.69, 9.17) is 0 Å². The van der Waals surface area contributed by atoms with Crippen LogP contribution in [-0.2, 0) is 14.8 Å². The largest absolute Gasteiger partial charge is 0.481 e. The highest BCUT2D eigenvalue weighted by Crippen LogP contribution is 2.50. The van der Waals surface area contributed by atoms with Gasteiger partial charge in [0.15, 0.2) is 0 Å². The molecule has 1 aromatic rings. The molecule has 0 radical (unpaired) electrons. The lowest BCUT2D eigenvalue weighted by Crippen LogP contribution is -2.37. The minimum absolute atomic E-state index is 0.0419. The third-order valence-electron chi connectivity index (χ3n) is 4.35. The second kappa shape index (κ2) is 4.29. The molecule has 5 nitrogen and oxygen atoms in total. The highest BCUT2D eigenvalue weighted by atomic mass is 32.2. The number of thiophene rings is 1. The summed E-state index contributed by atoms with van der Waals surface area (Å²) in [5.74, 6) is -0.890. The Kier molecular flexibility index (Phi) is 2.95. The molecule has 104 valence electrons. The lowest BCUT2D eigenvalue weighted by atomic mass is 9.81. The summed E-state index contributed by atoms with van der Waals surface area (Å²) in [5.41, 5.74) is -0.857. The summed E-state index contributed by atoms with van der Waals surface area (Å²) in [6, 6.07) is 3.27. The molecule has 19 heavy (non-hydrogen) atoms. The van der Waals surface area contributed by atoms with E-state index in [2.05, 4.69) is 0 Å². The molecule has 0 spiro atoms. The number of carboxylic acid groups (broad SMARTS) is 1. The first-order chi connectivity index (χ1) is 8.97. The minimum atomic E-state index is -3.52. The first-order valence-electron chi connectivity index (χ1n) is 6.24. The first kappa shape index (κ1) is 13.1. The maximum absolute atomic E-state index is 12.4. The summed E-state index contributed by atoms with van der Waals surface area (Å²) < 4.78 is 26.5. The minimum Gasteiger partial charge on any atom is -0.481 e. The molecule has 7 heteroatoms. The zero-order valence-corrected chi connectivity index (χ0v) is 11.9. The SMILES string of the molecule is O=C(O)[C@@]12CCC[C@H]1CN(S(=O)(=O)c1cccs1)C2. The number of carboxylic acids is 1. The predicted molar refractivity (Wildman–Crippen MR) is 70.5 cm³/mol. The fourth-order valence-corrected chi connectivity index (χ4v) is 6.01. The van der Waals surface area contributed by atoms with Gasteiger partial charge in [-0.25, -0.2) is 8.42 Å². The van der Waals surface area contributed by atoms with E-state index in [0.717, 1.165) is 12.8 Å². The molecule has 1 saturated carbocycles.